The first kappa shape index (κ1) is 16.0. The summed E-state index contributed by atoms with van der Waals surface area (Å²) in [6, 6.07) is 6.78. The zero-order chi connectivity index (χ0) is 14.3. The van der Waals surface area contributed by atoms with Crippen LogP contribution in [0.3, 0.4) is 0 Å². The van der Waals surface area contributed by atoms with Gasteiger partial charge >= 0.3 is 5.97 Å². The number of hydrogen-bond acceptors (Lipinski definition) is 4. The summed E-state index contributed by atoms with van der Waals surface area (Å²) in [5.74, 6) is -0.261. The van der Waals surface area contributed by atoms with E-state index in [1.54, 1.807) is 19.1 Å². The normalized spacial score (nSPS) is 12.5. The third-order valence-corrected chi connectivity index (χ3v) is 2.89. The van der Waals surface area contributed by atoms with Crippen molar-refractivity contribution in [1.82, 2.24) is 10.2 Å². The highest BCUT2D eigenvalue weighted by Crippen LogP contribution is 2.17. The van der Waals surface area contributed by atoms with Crippen LogP contribution in [0.25, 0.3) is 0 Å². The fourth-order valence-corrected chi connectivity index (χ4v) is 1.78. The molecule has 0 amide bonds. The van der Waals surface area contributed by atoms with Crippen LogP contribution in [0, 0.1) is 0 Å². The lowest BCUT2D eigenvalue weighted by Crippen LogP contribution is -2.35. The third kappa shape index (κ3) is 5.59. The topological polar surface area (TPSA) is 41.6 Å². The third-order valence-electron chi connectivity index (χ3n) is 2.63. The summed E-state index contributed by atoms with van der Waals surface area (Å²) in [5.41, 5.74) is 0.863. The number of carbonyl (C=O) groups excluding carboxylic acids is 1. The average molecular weight is 285 g/mol. The molecule has 0 aromatic heterocycles. The summed E-state index contributed by atoms with van der Waals surface area (Å²) < 4.78 is 5.10. The highest BCUT2D eigenvalue weighted by Gasteiger charge is 2.21. The van der Waals surface area contributed by atoms with Crippen LogP contribution in [0.4, 0.5) is 0 Å². The first-order valence-electron chi connectivity index (χ1n) is 6.34. The van der Waals surface area contributed by atoms with Gasteiger partial charge in [0.15, 0.2) is 0 Å². The van der Waals surface area contributed by atoms with Crippen LogP contribution in [0.5, 0.6) is 0 Å². The summed E-state index contributed by atoms with van der Waals surface area (Å²) in [4.78, 5) is 14.0. The SMILES string of the molecule is CCOC(=O)C(NCCN(C)C)c1ccc(Cl)cc1. The zero-order valence-corrected chi connectivity index (χ0v) is 12.4. The lowest BCUT2D eigenvalue weighted by atomic mass is 10.1. The second-order valence-corrected chi connectivity index (χ2v) is 4.93. The molecule has 4 nitrogen and oxygen atoms in total. The molecule has 0 saturated heterocycles. The number of likely N-dealkylation sites (N-methyl/N-ethyl adjacent to an activating group) is 1. The van der Waals surface area contributed by atoms with E-state index >= 15 is 0 Å². The van der Waals surface area contributed by atoms with Gasteiger partial charge in [0, 0.05) is 18.1 Å². The monoisotopic (exact) mass is 284 g/mol. The van der Waals surface area contributed by atoms with Crippen molar-refractivity contribution in [2.75, 3.05) is 33.8 Å². The molecule has 1 rings (SSSR count). The van der Waals surface area contributed by atoms with Gasteiger partial charge in [-0.05, 0) is 38.7 Å². The van der Waals surface area contributed by atoms with E-state index in [4.69, 9.17) is 16.3 Å². The van der Waals surface area contributed by atoms with E-state index in [9.17, 15) is 4.79 Å². The Hall–Kier alpha value is -1.10. The van der Waals surface area contributed by atoms with Crippen molar-refractivity contribution in [2.24, 2.45) is 0 Å². The maximum atomic E-state index is 12.0. The maximum Gasteiger partial charge on any atom is 0.327 e. The fourth-order valence-electron chi connectivity index (χ4n) is 1.65. The van der Waals surface area contributed by atoms with Gasteiger partial charge in [-0.3, -0.25) is 5.32 Å². The number of nitrogens with one attached hydrogen (secondary N) is 1. The minimum absolute atomic E-state index is 0.261. The van der Waals surface area contributed by atoms with E-state index < -0.39 is 6.04 Å². The molecule has 1 atom stereocenters. The molecular weight excluding hydrogens is 264 g/mol. The summed E-state index contributed by atoms with van der Waals surface area (Å²) >= 11 is 5.86. The predicted octanol–water partition coefficient (Wildman–Crippen LogP) is 2.10. The molecule has 1 N–H and O–H groups in total. The number of halogens is 1. The molecule has 0 heterocycles. The number of esters is 1. The van der Waals surface area contributed by atoms with Gasteiger partial charge in [-0.25, -0.2) is 4.79 Å². The predicted molar refractivity (Wildman–Crippen MR) is 77.4 cm³/mol. The van der Waals surface area contributed by atoms with Crippen molar-refractivity contribution in [3.05, 3.63) is 34.9 Å². The van der Waals surface area contributed by atoms with Crippen molar-refractivity contribution < 1.29 is 9.53 Å². The molecular formula is C14H21ClN2O2. The number of ether oxygens (including phenoxy) is 1. The quantitative estimate of drug-likeness (QED) is 0.779. The minimum atomic E-state index is -0.447. The number of hydrogen-bond donors (Lipinski definition) is 1. The molecule has 0 bridgehead atoms. The first-order chi connectivity index (χ1) is 9.04. The number of carbonyl (C=O) groups is 1. The lowest BCUT2D eigenvalue weighted by Gasteiger charge is -2.19. The molecule has 106 valence electrons. The van der Waals surface area contributed by atoms with E-state index in [2.05, 4.69) is 10.2 Å². The average Bonchev–Trinajstić information content (AvgIpc) is 2.36. The van der Waals surface area contributed by atoms with E-state index in [1.165, 1.54) is 0 Å². The Balaban J connectivity index is 2.73. The van der Waals surface area contributed by atoms with Gasteiger partial charge in [-0.15, -0.1) is 0 Å². The summed E-state index contributed by atoms with van der Waals surface area (Å²) in [6.07, 6.45) is 0. The van der Waals surface area contributed by atoms with Crippen LogP contribution < -0.4 is 5.32 Å². The Morgan fingerprint density at radius 2 is 2.00 bits per heavy atom. The first-order valence-corrected chi connectivity index (χ1v) is 6.72. The van der Waals surface area contributed by atoms with E-state index in [0.29, 0.717) is 18.2 Å². The van der Waals surface area contributed by atoms with E-state index in [1.807, 2.05) is 26.2 Å². The van der Waals surface area contributed by atoms with Crippen LogP contribution in [0.1, 0.15) is 18.5 Å². The van der Waals surface area contributed by atoms with Crippen LogP contribution in [-0.4, -0.2) is 44.7 Å². The van der Waals surface area contributed by atoms with Gasteiger partial charge in [0.05, 0.1) is 6.61 Å². The Kier molecular flexibility index (Phi) is 6.84. The van der Waals surface area contributed by atoms with Crippen LogP contribution in [0.2, 0.25) is 5.02 Å². The lowest BCUT2D eigenvalue weighted by molar-refractivity contribution is -0.145. The highest BCUT2D eigenvalue weighted by atomic mass is 35.5. The maximum absolute atomic E-state index is 12.0. The molecule has 0 saturated carbocycles. The van der Waals surface area contributed by atoms with Gasteiger partial charge < -0.3 is 9.64 Å². The Morgan fingerprint density at radius 3 is 2.53 bits per heavy atom. The molecule has 19 heavy (non-hydrogen) atoms. The van der Waals surface area contributed by atoms with Crippen molar-refractivity contribution >= 4 is 17.6 Å². The van der Waals surface area contributed by atoms with Gasteiger partial charge in [-0.2, -0.15) is 0 Å². The van der Waals surface area contributed by atoms with Crippen LogP contribution in [-0.2, 0) is 9.53 Å². The fraction of sp³-hybridized carbons (Fsp3) is 0.500. The zero-order valence-electron chi connectivity index (χ0n) is 11.6. The van der Waals surface area contributed by atoms with Crippen molar-refractivity contribution in [3.8, 4) is 0 Å². The number of benzene rings is 1. The molecule has 0 fully saturated rings. The van der Waals surface area contributed by atoms with E-state index in [-0.39, 0.29) is 5.97 Å². The number of rotatable bonds is 7. The van der Waals surface area contributed by atoms with Gasteiger partial charge in [0.25, 0.3) is 0 Å². The molecule has 1 aromatic carbocycles. The molecule has 1 unspecified atom stereocenters. The Labute approximate surface area is 119 Å². The summed E-state index contributed by atoms with van der Waals surface area (Å²) in [6.45, 7) is 3.73. The highest BCUT2D eigenvalue weighted by molar-refractivity contribution is 6.30. The summed E-state index contributed by atoms with van der Waals surface area (Å²) in [5, 5.41) is 3.86. The van der Waals surface area contributed by atoms with Gasteiger partial charge in [0.2, 0.25) is 0 Å². The molecule has 0 spiro atoms. The smallest absolute Gasteiger partial charge is 0.327 e. The molecule has 5 heteroatoms. The van der Waals surface area contributed by atoms with Crippen molar-refractivity contribution in [1.29, 1.82) is 0 Å². The second kappa shape index (κ2) is 8.15. The van der Waals surface area contributed by atoms with E-state index in [0.717, 1.165) is 12.1 Å². The Morgan fingerprint density at radius 1 is 1.37 bits per heavy atom. The molecule has 0 aliphatic heterocycles. The molecule has 0 aliphatic carbocycles. The number of nitrogens with zero attached hydrogens (tertiary/aromatic N) is 1. The molecule has 0 radical (unpaired) electrons. The summed E-state index contributed by atoms with van der Waals surface area (Å²) in [7, 11) is 3.98. The minimum Gasteiger partial charge on any atom is -0.465 e. The van der Waals surface area contributed by atoms with Crippen LogP contribution >= 0.6 is 11.6 Å². The van der Waals surface area contributed by atoms with Gasteiger partial charge in [0.1, 0.15) is 6.04 Å². The largest absolute Gasteiger partial charge is 0.465 e. The van der Waals surface area contributed by atoms with Crippen molar-refractivity contribution in [3.63, 3.8) is 0 Å². The van der Waals surface area contributed by atoms with Gasteiger partial charge in [-0.1, -0.05) is 23.7 Å². The van der Waals surface area contributed by atoms with Crippen molar-refractivity contribution in [2.45, 2.75) is 13.0 Å². The standard InChI is InChI=1S/C14H21ClN2O2/c1-4-19-14(18)13(16-9-10-17(2)3)11-5-7-12(15)8-6-11/h5-8,13,16H,4,9-10H2,1-3H3. The second-order valence-electron chi connectivity index (χ2n) is 4.49. The molecule has 1 aromatic rings. The van der Waals surface area contributed by atoms with Crippen LogP contribution in [0.15, 0.2) is 24.3 Å². The molecule has 0 aliphatic rings. The Bertz CT molecular complexity index is 393.